The number of benzene rings is 2. The van der Waals surface area contributed by atoms with Crippen molar-refractivity contribution in [2.75, 3.05) is 36.4 Å². The highest BCUT2D eigenvalue weighted by Gasteiger charge is 2.22. The topological polar surface area (TPSA) is 68.7 Å². The number of hydrogen-bond donors (Lipinski definition) is 2. The second kappa shape index (κ2) is 7.67. The lowest BCUT2D eigenvalue weighted by Crippen LogP contribution is -2.50. The molecule has 0 radical (unpaired) electrons. The Morgan fingerprint density at radius 3 is 2.56 bits per heavy atom. The van der Waals surface area contributed by atoms with Gasteiger partial charge in [-0.15, -0.1) is 0 Å². The molecule has 2 heterocycles. The minimum Gasteiger partial charge on any atom is -0.508 e. The summed E-state index contributed by atoms with van der Waals surface area (Å²) in [6.45, 7) is 2.70. The van der Waals surface area contributed by atoms with Crippen molar-refractivity contribution in [2.45, 2.75) is 0 Å². The molecule has 1 saturated heterocycles. The average Bonchev–Trinajstić information content (AvgIpc) is 3.17. The van der Waals surface area contributed by atoms with Gasteiger partial charge >= 0.3 is 6.03 Å². The normalized spacial score (nSPS) is 14.2. The Bertz CT molecular complexity index is 920. The van der Waals surface area contributed by atoms with E-state index in [-0.39, 0.29) is 11.8 Å². The maximum Gasteiger partial charge on any atom is 0.323 e. The zero-order valence-electron chi connectivity index (χ0n) is 14.7. The van der Waals surface area contributed by atoms with Crippen molar-refractivity contribution in [2.24, 2.45) is 0 Å². The van der Waals surface area contributed by atoms with Crippen LogP contribution in [-0.4, -0.2) is 47.2 Å². The van der Waals surface area contributed by atoms with E-state index in [1.165, 1.54) is 11.3 Å². The molecule has 2 amide bonds. The third kappa shape index (κ3) is 4.03. The van der Waals surface area contributed by atoms with Gasteiger partial charge in [0.15, 0.2) is 5.13 Å². The Kier molecular flexibility index (Phi) is 4.93. The van der Waals surface area contributed by atoms with E-state index < -0.39 is 0 Å². The summed E-state index contributed by atoms with van der Waals surface area (Å²) in [5, 5.41) is 13.1. The lowest BCUT2D eigenvalue weighted by molar-refractivity contribution is 0.208. The van der Waals surface area contributed by atoms with E-state index in [1.54, 1.807) is 23.2 Å². The van der Waals surface area contributed by atoms with Gasteiger partial charge in [-0.05, 0) is 17.7 Å². The predicted molar refractivity (Wildman–Crippen MR) is 108 cm³/mol. The van der Waals surface area contributed by atoms with Crippen LogP contribution in [0.25, 0.3) is 10.4 Å². The number of thiazole rings is 1. The summed E-state index contributed by atoms with van der Waals surface area (Å²) in [6.07, 6.45) is 1.79. The lowest BCUT2D eigenvalue weighted by Gasteiger charge is -2.35. The van der Waals surface area contributed by atoms with Crippen LogP contribution in [0.3, 0.4) is 0 Å². The fourth-order valence-corrected chi connectivity index (χ4v) is 3.91. The van der Waals surface area contributed by atoms with Gasteiger partial charge in [0.25, 0.3) is 0 Å². The Morgan fingerprint density at radius 2 is 1.81 bits per heavy atom. The van der Waals surface area contributed by atoms with Gasteiger partial charge in [-0.2, -0.15) is 0 Å². The van der Waals surface area contributed by atoms with Crippen LogP contribution in [0, 0.1) is 0 Å². The summed E-state index contributed by atoms with van der Waals surface area (Å²) in [4.78, 5) is 21.8. The summed E-state index contributed by atoms with van der Waals surface area (Å²) in [5.41, 5.74) is 2.07. The number of rotatable bonds is 3. The number of phenols is 1. The molecule has 4 rings (SSSR count). The molecule has 138 valence electrons. The standard InChI is InChI=1S/C20H20N4O2S/c25-17-8-4-7-16(13-17)23-9-11-24(12-10-23)20(26)22-19-21-14-18(27-19)15-5-2-1-3-6-15/h1-8,13-14,25H,9-12H2,(H,21,22,26). The fraction of sp³-hybridized carbons (Fsp3) is 0.200. The van der Waals surface area contributed by atoms with Crippen LogP contribution in [0.15, 0.2) is 60.8 Å². The maximum absolute atomic E-state index is 12.5. The predicted octanol–water partition coefficient (Wildman–Crippen LogP) is 3.87. The quantitative estimate of drug-likeness (QED) is 0.724. The van der Waals surface area contributed by atoms with Gasteiger partial charge in [0.2, 0.25) is 0 Å². The van der Waals surface area contributed by atoms with Gasteiger partial charge in [0.1, 0.15) is 5.75 Å². The number of carbonyl (C=O) groups is 1. The van der Waals surface area contributed by atoms with Crippen molar-refractivity contribution in [3.05, 3.63) is 60.8 Å². The molecular weight excluding hydrogens is 360 g/mol. The first-order valence-corrected chi connectivity index (χ1v) is 9.62. The van der Waals surface area contributed by atoms with Crippen molar-refractivity contribution in [1.29, 1.82) is 0 Å². The molecule has 0 saturated carbocycles. The molecule has 27 heavy (non-hydrogen) atoms. The molecule has 3 aromatic rings. The highest BCUT2D eigenvalue weighted by molar-refractivity contribution is 7.19. The second-order valence-electron chi connectivity index (χ2n) is 6.32. The molecule has 0 atom stereocenters. The van der Waals surface area contributed by atoms with Gasteiger partial charge in [0.05, 0.1) is 4.88 Å². The number of anilines is 2. The fourth-order valence-electron chi connectivity index (χ4n) is 3.10. The van der Waals surface area contributed by atoms with Gasteiger partial charge < -0.3 is 14.9 Å². The summed E-state index contributed by atoms with van der Waals surface area (Å²) < 4.78 is 0. The van der Waals surface area contributed by atoms with Crippen LogP contribution in [0.2, 0.25) is 0 Å². The van der Waals surface area contributed by atoms with Crippen molar-refractivity contribution in [3.8, 4) is 16.2 Å². The van der Waals surface area contributed by atoms with Gasteiger partial charge in [-0.1, -0.05) is 47.7 Å². The molecule has 0 spiro atoms. The summed E-state index contributed by atoms with van der Waals surface area (Å²) in [6, 6.07) is 17.1. The third-order valence-corrected chi connectivity index (χ3v) is 5.50. The number of aromatic hydroxyl groups is 1. The molecule has 1 aromatic heterocycles. The number of nitrogens with zero attached hydrogens (tertiary/aromatic N) is 3. The SMILES string of the molecule is O=C(Nc1ncc(-c2ccccc2)s1)N1CCN(c2cccc(O)c2)CC1. The van der Waals surface area contributed by atoms with Crippen molar-refractivity contribution in [3.63, 3.8) is 0 Å². The molecule has 1 fully saturated rings. The molecule has 0 aliphatic carbocycles. The molecule has 7 heteroatoms. The van der Waals surface area contributed by atoms with Crippen LogP contribution in [0.1, 0.15) is 0 Å². The number of piperazine rings is 1. The Balaban J connectivity index is 1.34. The molecule has 0 bridgehead atoms. The smallest absolute Gasteiger partial charge is 0.323 e. The summed E-state index contributed by atoms with van der Waals surface area (Å²) >= 11 is 1.47. The van der Waals surface area contributed by atoms with Crippen LogP contribution < -0.4 is 10.2 Å². The van der Waals surface area contributed by atoms with Crippen molar-refractivity contribution >= 4 is 28.2 Å². The van der Waals surface area contributed by atoms with Crippen LogP contribution in [0.4, 0.5) is 15.6 Å². The molecule has 0 unspecified atom stereocenters. The van der Waals surface area contributed by atoms with Crippen LogP contribution in [-0.2, 0) is 0 Å². The maximum atomic E-state index is 12.5. The average molecular weight is 380 g/mol. The molecule has 2 N–H and O–H groups in total. The number of amides is 2. The zero-order valence-corrected chi connectivity index (χ0v) is 15.5. The van der Waals surface area contributed by atoms with E-state index in [1.807, 2.05) is 42.5 Å². The number of urea groups is 1. The van der Waals surface area contributed by atoms with Crippen LogP contribution >= 0.6 is 11.3 Å². The van der Waals surface area contributed by atoms with Crippen molar-refractivity contribution in [1.82, 2.24) is 9.88 Å². The van der Waals surface area contributed by atoms with E-state index in [9.17, 15) is 9.90 Å². The number of carbonyl (C=O) groups excluding carboxylic acids is 1. The number of hydrogen-bond acceptors (Lipinski definition) is 5. The third-order valence-electron chi connectivity index (χ3n) is 4.54. The molecular formula is C20H20N4O2S. The van der Waals surface area contributed by atoms with Gasteiger partial charge in [0, 0.05) is 44.1 Å². The summed E-state index contributed by atoms with van der Waals surface area (Å²) in [5.74, 6) is 0.255. The molecule has 2 aromatic carbocycles. The largest absolute Gasteiger partial charge is 0.508 e. The first-order chi connectivity index (χ1) is 13.2. The minimum atomic E-state index is -0.125. The van der Waals surface area contributed by atoms with Crippen LogP contribution in [0.5, 0.6) is 5.75 Å². The Hall–Kier alpha value is -3.06. The van der Waals surface area contributed by atoms with Gasteiger partial charge in [-0.25, -0.2) is 9.78 Å². The Labute approximate surface area is 161 Å². The van der Waals surface area contributed by atoms with E-state index in [4.69, 9.17) is 0 Å². The Morgan fingerprint density at radius 1 is 1.04 bits per heavy atom. The first kappa shape index (κ1) is 17.4. The highest BCUT2D eigenvalue weighted by atomic mass is 32.1. The monoisotopic (exact) mass is 380 g/mol. The lowest BCUT2D eigenvalue weighted by atomic mass is 10.2. The molecule has 1 aliphatic rings. The molecule has 1 aliphatic heterocycles. The van der Waals surface area contributed by atoms with E-state index in [0.717, 1.165) is 29.2 Å². The second-order valence-corrected chi connectivity index (χ2v) is 7.35. The van der Waals surface area contributed by atoms with Crippen molar-refractivity contribution < 1.29 is 9.90 Å². The van der Waals surface area contributed by atoms with E-state index >= 15 is 0 Å². The highest BCUT2D eigenvalue weighted by Crippen LogP contribution is 2.29. The van der Waals surface area contributed by atoms with E-state index in [0.29, 0.717) is 18.2 Å². The molecule has 6 nitrogen and oxygen atoms in total. The minimum absolute atomic E-state index is 0.125. The number of aromatic nitrogens is 1. The first-order valence-electron chi connectivity index (χ1n) is 8.80. The van der Waals surface area contributed by atoms with Gasteiger partial charge in [-0.3, -0.25) is 5.32 Å². The number of phenolic OH excluding ortho intramolecular Hbond substituents is 1. The zero-order chi connectivity index (χ0) is 18.6. The number of nitrogens with one attached hydrogen (secondary N) is 1. The van der Waals surface area contributed by atoms with E-state index in [2.05, 4.69) is 15.2 Å². The summed E-state index contributed by atoms with van der Waals surface area (Å²) in [7, 11) is 0.